The predicted molar refractivity (Wildman–Crippen MR) is 65.4 cm³/mol. The molecule has 0 aliphatic rings. The van der Waals surface area contributed by atoms with Gasteiger partial charge in [0.15, 0.2) is 0 Å². The smallest absolute Gasteiger partial charge is 0.372 e. The number of thiophene rings is 1. The van der Waals surface area contributed by atoms with Crippen molar-refractivity contribution >= 4 is 17.3 Å². The van der Waals surface area contributed by atoms with E-state index in [-0.39, 0.29) is 5.76 Å². The third-order valence-corrected chi connectivity index (χ3v) is 3.16. The Bertz CT molecular complexity index is 476. The fourth-order valence-electron chi connectivity index (χ4n) is 1.55. The SMILES string of the molecule is O=C(O)c1occc1CNCCc1ccsc1. The molecule has 0 saturated carbocycles. The second-order valence-corrected chi connectivity index (χ2v) is 4.42. The van der Waals surface area contributed by atoms with Gasteiger partial charge in [-0.1, -0.05) is 0 Å². The molecular formula is C12H13NO3S. The van der Waals surface area contributed by atoms with Crippen LogP contribution >= 0.6 is 11.3 Å². The van der Waals surface area contributed by atoms with Crippen LogP contribution in [0.4, 0.5) is 0 Å². The zero-order valence-electron chi connectivity index (χ0n) is 9.18. The summed E-state index contributed by atoms with van der Waals surface area (Å²) in [7, 11) is 0. The highest BCUT2D eigenvalue weighted by Crippen LogP contribution is 2.10. The van der Waals surface area contributed by atoms with Gasteiger partial charge in [0.2, 0.25) is 5.76 Å². The van der Waals surface area contributed by atoms with Gasteiger partial charge in [0.1, 0.15) is 0 Å². The number of carboxylic acid groups (broad SMARTS) is 1. The summed E-state index contributed by atoms with van der Waals surface area (Å²) in [5, 5.41) is 16.2. The molecule has 0 aliphatic heterocycles. The van der Waals surface area contributed by atoms with Crippen molar-refractivity contribution in [3.63, 3.8) is 0 Å². The molecule has 0 radical (unpaired) electrons. The standard InChI is InChI=1S/C12H13NO3S/c14-12(15)11-10(2-5-16-11)7-13-4-1-9-3-6-17-8-9/h2-3,5-6,8,13H,1,4,7H2,(H,14,15). The van der Waals surface area contributed by atoms with Crippen molar-refractivity contribution in [3.05, 3.63) is 46.0 Å². The van der Waals surface area contributed by atoms with Crippen LogP contribution in [0.25, 0.3) is 0 Å². The Balaban J connectivity index is 1.78. The number of furan rings is 1. The number of aromatic carboxylic acids is 1. The van der Waals surface area contributed by atoms with Gasteiger partial charge in [-0.05, 0) is 41.4 Å². The van der Waals surface area contributed by atoms with Crippen LogP contribution in [0.5, 0.6) is 0 Å². The van der Waals surface area contributed by atoms with Gasteiger partial charge in [0, 0.05) is 12.1 Å². The highest BCUT2D eigenvalue weighted by atomic mass is 32.1. The van der Waals surface area contributed by atoms with Crippen molar-refractivity contribution in [2.75, 3.05) is 6.54 Å². The minimum absolute atomic E-state index is 0.0213. The molecule has 0 amide bonds. The lowest BCUT2D eigenvalue weighted by molar-refractivity contribution is 0.0660. The van der Waals surface area contributed by atoms with Crippen LogP contribution in [0.15, 0.2) is 33.6 Å². The molecular weight excluding hydrogens is 238 g/mol. The molecule has 5 heteroatoms. The molecule has 0 atom stereocenters. The summed E-state index contributed by atoms with van der Waals surface area (Å²) >= 11 is 1.68. The molecule has 0 aliphatic carbocycles. The van der Waals surface area contributed by atoms with E-state index < -0.39 is 5.97 Å². The quantitative estimate of drug-likeness (QED) is 0.774. The fraction of sp³-hybridized carbons (Fsp3) is 0.250. The van der Waals surface area contributed by atoms with E-state index in [0.717, 1.165) is 13.0 Å². The number of hydrogen-bond donors (Lipinski definition) is 2. The molecule has 2 heterocycles. The largest absolute Gasteiger partial charge is 0.475 e. The molecule has 17 heavy (non-hydrogen) atoms. The molecule has 90 valence electrons. The van der Waals surface area contributed by atoms with Crippen molar-refractivity contribution in [2.24, 2.45) is 0 Å². The van der Waals surface area contributed by atoms with Gasteiger partial charge in [0.25, 0.3) is 0 Å². The van der Waals surface area contributed by atoms with Gasteiger partial charge in [0.05, 0.1) is 6.26 Å². The van der Waals surface area contributed by atoms with E-state index in [2.05, 4.69) is 16.8 Å². The molecule has 0 saturated heterocycles. The minimum atomic E-state index is -1.02. The van der Waals surface area contributed by atoms with Gasteiger partial charge >= 0.3 is 5.97 Å². The summed E-state index contributed by atoms with van der Waals surface area (Å²) in [6, 6.07) is 3.77. The maximum absolute atomic E-state index is 10.8. The first-order valence-corrected chi connectivity index (χ1v) is 6.23. The minimum Gasteiger partial charge on any atom is -0.475 e. The highest BCUT2D eigenvalue weighted by Gasteiger charge is 2.12. The van der Waals surface area contributed by atoms with E-state index >= 15 is 0 Å². The molecule has 2 aromatic rings. The topological polar surface area (TPSA) is 62.5 Å². The maximum Gasteiger partial charge on any atom is 0.372 e. The Morgan fingerprint density at radius 3 is 3.06 bits per heavy atom. The highest BCUT2D eigenvalue weighted by molar-refractivity contribution is 7.07. The summed E-state index contributed by atoms with van der Waals surface area (Å²) in [5.41, 5.74) is 1.98. The molecule has 0 unspecified atom stereocenters. The van der Waals surface area contributed by atoms with Crippen LogP contribution in [0.2, 0.25) is 0 Å². The Morgan fingerprint density at radius 1 is 1.47 bits per heavy atom. The zero-order chi connectivity index (χ0) is 12.1. The number of hydrogen-bond acceptors (Lipinski definition) is 4. The predicted octanol–water partition coefficient (Wildman–Crippen LogP) is 2.37. The first-order valence-electron chi connectivity index (χ1n) is 5.29. The summed E-state index contributed by atoms with van der Waals surface area (Å²) in [4.78, 5) is 10.8. The first kappa shape index (κ1) is 11.9. The Morgan fingerprint density at radius 2 is 2.35 bits per heavy atom. The van der Waals surface area contributed by atoms with E-state index in [9.17, 15) is 4.79 Å². The van der Waals surface area contributed by atoms with Gasteiger partial charge in [-0.25, -0.2) is 4.79 Å². The fourth-order valence-corrected chi connectivity index (χ4v) is 2.26. The summed E-state index contributed by atoms with van der Waals surface area (Å²) in [5.74, 6) is -1.00. The second kappa shape index (κ2) is 5.65. The molecule has 2 N–H and O–H groups in total. The van der Waals surface area contributed by atoms with Crippen molar-refractivity contribution in [1.29, 1.82) is 0 Å². The van der Waals surface area contributed by atoms with Crippen LogP contribution in [0.1, 0.15) is 21.7 Å². The Kier molecular flexibility index (Phi) is 3.95. The average Bonchev–Trinajstić information content (AvgIpc) is 2.95. The van der Waals surface area contributed by atoms with E-state index in [1.54, 1.807) is 17.4 Å². The molecule has 2 rings (SSSR count). The maximum atomic E-state index is 10.8. The summed E-state index contributed by atoms with van der Waals surface area (Å²) < 4.78 is 4.89. The number of rotatable bonds is 6. The van der Waals surface area contributed by atoms with Crippen LogP contribution in [-0.4, -0.2) is 17.6 Å². The van der Waals surface area contributed by atoms with Crippen molar-refractivity contribution in [2.45, 2.75) is 13.0 Å². The lowest BCUT2D eigenvalue weighted by atomic mass is 10.2. The second-order valence-electron chi connectivity index (χ2n) is 3.64. The van der Waals surface area contributed by atoms with Crippen molar-refractivity contribution in [3.8, 4) is 0 Å². The zero-order valence-corrected chi connectivity index (χ0v) is 10.00. The van der Waals surface area contributed by atoms with Crippen molar-refractivity contribution in [1.82, 2.24) is 5.32 Å². The van der Waals surface area contributed by atoms with Gasteiger partial charge in [-0.2, -0.15) is 11.3 Å². The van der Waals surface area contributed by atoms with Crippen LogP contribution in [0, 0.1) is 0 Å². The molecule has 0 aromatic carbocycles. The van der Waals surface area contributed by atoms with Crippen LogP contribution in [0.3, 0.4) is 0 Å². The summed E-state index contributed by atoms with van der Waals surface area (Å²) in [6.07, 6.45) is 2.35. The molecule has 0 bridgehead atoms. The number of nitrogens with one attached hydrogen (secondary N) is 1. The lowest BCUT2D eigenvalue weighted by Gasteiger charge is -2.02. The molecule has 2 aromatic heterocycles. The molecule has 0 spiro atoms. The van der Waals surface area contributed by atoms with Crippen LogP contribution in [-0.2, 0) is 13.0 Å². The van der Waals surface area contributed by atoms with Crippen molar-refractivity contribution < 1.29 is 14.3 Å². The van der Waals surface area contributed by atoms with E-state index in [1.807, 2.05) is 5.38 Å². The molecule has 0 fully saturated rings. The van der Waals surface area contributed by atoms with E-state index in [1.165, 1.54) is 11.8 Å². The third-order valence-electron chi connectivity index (χ3n) is 2.43. The number of carboxylic acids is 1. The lowest BCUT2D eigenvalue weighted by Crippen LogP contribution is -2.17. The van der Waals surface area contributed by atoms with E-state index in [0.29, 0.717) is 12.1 Å². The monoisotopic (exact) mass is 251 g/mol. The summed E-state index contributed by atoms with van der Waals surface area (Å²) in [6.45, 7) is 1.34. The number of carbonyl (C=O) groups is 1. The average molecular weight is 251 g/mol. The van der Waals surface area contributed by atoms with Gasteiger partial charge < -0.3 is 14.8 Å². The van der Waals surface area contributed by atoms with Gasteiger partial charge in [-0.3, -0.25) is 0 Å². The normalized spacial score (nSPS) is 10.6. The Labute approximate surface area is 103 Å². The molecule has 4 nitrogen and oxygen atoms in total. The Hall–Kier alpha value is -1.59. The van der Waals surface area contributed by atoms with E-state index in [4.69, 9.17) is 9.52 Å². The third kappa shape index (κ3) is 3.18. The van der Waals surface area contributed by atoms with Crippen LogP contribution < -0.4 is 5.32 Å². The van der Waals surface area contributed by atoms with Gasteiger partial charge in [-0.15, -0.1) is 0 Å². The first-order chi connectivity index (χ1) is 8.27.